The van der Waals surface area contributed by atoms with E-state index in [0.717, 1.165) is 16.0 Å². The zero-order valence-corrected chi connectivity index (χ0v) is 19.1. The Labute approximate surface area is 196 Å². The van der Waals surface area contributed by atoms with Crippen LogP contribution in [0.5, 0.6) is 5.75 Å². The molecule has 3 aromatic rings. The van der Waals surface area contributed by atoms with E-state index in [1.165, 1.54) is 36.4 Å². The molecule has 1 aliphatic heterocycles. The first-order valence-electron chi connectivity index (χ1n) is 10.2. The molecule has 4 rings (SSSR count). The van der Waals surface area contributed by atoms with E-state index in [-0.39, 0.29) is 16.2 Å². The van der Waals surface area contributed by atoms with Crippen molar-refractivity contribution < 1.29 is 27.0 Å². The maximum absolute atomic E-state index is 13.0. The summed E-state index contributed by atoms with van der Waals surface area (Å²) >= 11 is 0. The molecular weight excluding hydrogens is 456 g/mol. The molecule has 0 saturated carbocycles. The lowest BCUT2D eigenvalue weighted by atomic mass is 10.1. The summed E-state index contributed by atoms with van der Waals surface area (Å²) in [6.45, 7) is 3.70. The standard InChI is InChI=1S/C25H20N2O6S/c1-16-6-10-19(11-7-16)27-24(29)22(23(28)26-25(27)30)15-18-4-3-5-20(14-18)33-34(31,32)21-12-8-17(2)9-13-21/h3-15H,1-2H3,(H,26,28,30)/b22-15-. The molecule has 34 heavy (non-hydrogen) atoms. The molecular formula is C25H20N2O6S. The Kier molecular flexibility index (Phi) is 6.04. The highest BCUT2D eigenvalue weighted by Crippen LogP contribution is 2.25. The maximum atomic E-state index is 13.0. The molecule has 1 fully saturated rings. The Morgan fingerprint density at radius 1 is 0.853 bits per heavy atom. The molecule has 1 saturated heterocycles. The number of hydrogen-bond acceptors (Lipinski definition) is 6. The van der Waals surface area contributed by atoms with Crippen LogP contribution in [0.25, 0.3) is 6.08 Å². The summed E-state index contributed by atoms with van der Waals surface area (Å²) in [4.78, 5) is 38.6. The highest BCUT2D eigenvalue weighted by molar-refractivity contribution is 7.87. The highest BCUT2D eigenvalue weighted by atomic mass is 32.2. The lowest BCUT2D eigenvalue weighted by Crippen LogP contribution is -2.54. The second kappa shape index (κ2) is 8.95. The van der Waals surface area contributed by atoms with Crippen molar-refractivity contribution in [1.82, 2.24) is 5.32 Å². The summed E-state index contributed by atoms with van der Waals surface area (Å²) in [7, 11) is -4.08. The normalized spacial score (nSPS) is 15.4. The zero-order valence-electron chi connectivity index (χ0n) is 18.3. The van der Waals surface area contributed by atoms with Crippen molar-refractivity contribution in [3.8, 4) is 5.75 Å². The third kappa shape index (κ3) is 4.74. The number of imide groups is 2. The predicted octanol–water partition coefficient (Wildman–Crippen LogP) is 3.74. The zero-order chi connectivity index (χ0) is 24.5. The van der Waals surface area contributed by atoms with Gasteiger partial charge in [-0.1, -0.05) is 47.5 Å². The summed E-state index contributed by atoms with van der Waals surface area (Å²) in [5.74, 6) is -1.64. The number of anilines is 1. The predicted molar refractivity (Wildman–Crippen MR) is 126 cm³/mol. The van der Waals surface area contributed by atoms with Crippen LogP contribution in [0, 0.1) is 13.8 Å². The molecule has 8 nitrogen and oxygen atoms in total. The van der Waals surface area contributed by atoms with Gasteiger partial charge in [-0.3, -0.25) is 14.9 Å². The Balaban J connectivity index is 1.63. The summed E-state index contributed by atoms with van der Waals surface area (Å²) in [6.07, 6.45) is 1.27. The van der Waals surface area contributed by atoms with Crippen LogP contribution in [0.2, 0.25) is 0 Å². The minimum absolute atomic E-state index is 0.00375. The van der Waals surface area contributed by atoms with Gasteiger partial charge in [0, 0.05) is 0 Å². The van der Waals surface area contributed by atoms with Gasteiger partial charge in [0.1, 0.15) is 16.2 Å². The van der Waals surface area contributed by atoms with Gasteiger partial charge in [-0.25, -0.2) is 9.69 Å². The number of carbonyl (C=O) groups excluding carboxylic acids is 3. The van der Waals surface area contributed by atoms with Crippen LogP contribution in [-0.2, 0) is 19.7 Å². The van der Waals surface area contributed by atoms with Crippen LogP contribution in [-0.4, -0.2) is 26.3 Å². The number of aryl methyl sites for hydroxylation is 2. The molecule has 0 bridgehead atoms. The number of nitrogens with one attached hydrogen (secondary N) is 1. The largest absolute Gasteiger partial charge is 0.379 e. The van der Waals surface area contributed by atoms with Gasteiger partial charge in [0.25, 0.3) is 11.8 Å². The van der Waals surface area contributed by atoms with Gasteiger partial charge in [-0.2, -0.15) is 8.42 Å². The molecule has 4 amide bonds. The molecule has 0 aromatic heterocycles. The van der Waals surface area contributed by atoms with Gasteiger partial charge in [-0.05, 0) is 61.9 Å². The van der Waals surface area contributed by atoms with Crippen molar-refractivity contribution in [2.75, 3.05) is 4.90 Å². The smallest absolute Gasteiger partial charge is 0.339 e. The minimum atomic E-state index is -4.08. The van der Waals surface area contributed by atoms with E-state index in [4.69, 9.17) is 4.18 Å². The van der Waals surface area contributed by atoms with Gasteiger partial charge in [-0.15, -0.1) is 0 Å². The lowest BCUT2D eigenvalue weighted by Gasteiger charge is -2.26. The fourth-order valence-corrected chi connectivity index (χ4v) is 4.21. The van der Waals surface area contributed by atoms with Crippen LogP contribution in [0.15, 0.2) is 83.3 Å². The van der Waals surface area contributed by atoms with Crippen LogP contribution in [0.1, 0.15) is 16.7 Å². The highest BCUT2D eigenvalue weighted by Gasteiger charge is 2.36. The van der Waals surface area contributed by atoms with E-state index in [1.807, 2.05) is 13.8 Å². The van der Waals surface area contributed by atoms with E-state index < -0.39 is 28.0 Å². The summed E-state index contributed by atoms with van der Waals surface area (Å²) in [5.41, 5.74) is 2.22. The summed E-state index contributed by atoms with van der Waals surface area (Å²) in [6, 6.07) is 18.0. The number of carbonyl (C=O) groups is 3. The van der Waals surface area contributed by atoms with Gasteiger partial charge >= 0.3 is 16.1 Å². The number of nitrogens with zero attached hydrogens (tertiary/aromatic N) is 1. The number of rotatable bonds is 5. The molecule has 0 atom stereocenters. The van der Waals surface area contributed by atoms with E-state index in [0.29, 0.717) is 11.3 Å². The molecule has 1 heterocycles. The average molecular weight is 477 g/mol. The molecule has 0 unspecified atom stereocenters. The van der Waals surface area contributed by atoms with E-state index in [1.54, 1.807) is 42.5 Å². The van der Waals surface area contributed by atoms with Crippen molar-refractivity contribution in [2.45, 2.75) is 18.7 Å². The summed E-state index contributed by atoms with van der Waals surface area (Å²) in [5, 5.41) is 2.15. The van der Waals surface area contributed by atoms with E-state index in [2.05, 4.69) is 5.32 Å². The Morgan fingerprint density at radius 3 is 2.12 bits per heavy atom. The number of hydrogen-bond donors (Lipinski definition) is 1. The molecule has 0 spiro atoms. The van der Waals surface area contributed by atoms with Gasteiger partial charge in [0.15, 0.2) is 0 Å². The first-order valence-corrected chi connectivity index (χ1v) is 11.6. The Morgan fingerprint density at radius 2 is 1.47 bits per heavy atom. The van der Waals surface area contributed by atoms with Crippen molar-refractivity contribution in [3.63, 3.8) is 0 Å². The minimum Gasteiger partial charge on any atom is -0.379 e. The second-order valence-electron chi connectivity index (χ2n) is 7.72. The second-order valence-corrected chi connectivity index (χ2v) is 9.26. The monoisotopic (exact) mass is 476 g/mol. The number of barbiturate groups is 1. The fourth-order valence-electron chi connectivity index (χ4n) is 3.29. The lowest BCUT2D eigenvalue weighted by molar-refractivity contribution is -0.122. The van der Waals surface area contributed by atoms with Crippen molar-refractivity contribution in [2.24, 2.45) is 0 Å². The quantitative estimate of drug-likeness (QED) is 0.341. The number of benzene rings is 3. The SMILES string of the molecule is Cc1ccc(N2C(=O)NC(=O)/C(=C/c3cccc(OS(=O)(=O)c4ccc(C)cc4)c3)C2=O)cc1. The number of urea groups is 1. The third-order valence-electron chi connectivity index (χ3n) is 5.08. The van der Waals surface area contributed by atoms with Crippen molar-refractivity contribution in [1.29, 1.82) is 0 Å². The van der Waals surface area contributed by atoms with Gasteiger partial charge in [0.05, 0.1) is 5.69 Å². The van der Waals surface area contributed by atoms with Crippen LogP contribution >= 0.6 is 0 Å². The van der Waals surface area contributed by atoms with Crippen LogP contribution < -0.4 is 14.4 Å². The number of amides is 4. The Bertz CT molecular complexity index is 1420. The maximum Gasteiger partial charge on any atom is 0.339 e. The van der Waals surface area contributed by atoms with Crippen LogP contribution in [0.3, 0.4) is 0 Å². The molecule has 0 aliphatic carbocycles. The van der Waals surface area contributed by atoms with Crippen molar-refractivity contribution >= 4 is 39.7 Å². The molecule has 3 aromatic carbocycles. The topological polar surface area (TPSA) is 110 Å². The molecule has 9 heteroatoms. The van der Waals surface area contributed by atoms with Crippen LogP contribution in [0.4, 0.5) is 10.5 Å². The van der Waals surface area contributed by atoms with E-state index >= 15 is 0 Å². The fraction of sp³-hybridized carbons (Fsp3) is 0.0800. The molecule has 1 aliphatic rings. The van der Waals surface area contributed by atoms with Crippen molar-refractivity contribution in [3.05, 3.63) is 95.1 Å². The molecule has 1 N–H and O–H groups in total. The first kappa shape index (κ1) is 22.9. The van der Waals surface area contributed by atoms with Gasteiger partial charge in [0.2, 0.25) is 0 Å². The molecule has 0 radical (unpaired) electrons. The summed E-state index contributed by atoms with van der Waals surface area (Å²) < 4.78 is 30.4. The average Bonchev–Trinajstić information content (AvgIpc) is 2.78. The first-order chi connectivity index (χ1) is 16.1. The van der Waals surface area contributed by atoms with Gasteiger partial charge < -0.3 is 4.18 Å². The Hall–Kier alpha value is -4.24. The third-order valence-corrected chi connectivity index (χ3v) is 6.34. The van der Waals surface area contributed by atoms with E-state index in [9.17, 15) is 22.8 Å². The molecule has 172 valence electrons.